The van der Waals surface area contributed by atoms with Crippen LogP contribution in [0.3, 0.4) is 0 Å². The molecule has 0 fully saturated rings. The molecule has 0 saturated heterocycles. The van der Waals surface area contributed by atoms with Gasteiger partial charge in [0.1, 0.15) is 0 Å². The van der Waals surface area contributed by atoms with Gasteiger partial charge >= 0.3 is 0 Å². The molecule has 1 rings (SSSR count). The molecule has 1 heterocycles. The summed E-state index contributed by atoms with van der Waals surface area (Å²) in [5.74, 6) is 0.687. The summed E-state index contributed by atoms with van der Waals surface area (Å²) in [6, 6.07) is 0. The Morgan fingerprint density at radius 2 is 2.14 bits per heavy atom. The second kappa shape index (κ2) is 4.28. The van der Waals surface area contributed by atoms with Crippen LogP contribution < -0.4 is 11.1 Å². The van der Waals surface area contributed by atoms with E-state index >= 15 is 0 Å². The summed E-state index contributed by atoms with van der Waals surface area (Å²) in [6.07, 6.45) is 1.38. The number of nitrogen functional groups attached to an aromatic ring is 1. The number of hydrogen-bond donors (Lipinski definition) is 4. The zero-order chi connectivity index (χ0) is 10.6. The van der Waals surface area contributed by atoms with Gasteiger partial charge in [0.15, 0.2) is 0 Å². The Hall–Kier alpha value is -1.30. The molecule has 6 heteroatoms. The number of hydrogen-bond acceptors (Lipinski definition) is 5. The zero-order valence-electron chi connectivity index (χ0n) is 8.54. The van der Waals surface area contributed by atoms with Crippen LogP contribution in [0.5, 0.6) is 0 Å². The molecule has 6 nitrogen and oxygen atoms in total. The van der Waals surface area contributed by atoms with Gasteiger partial charge in [-0.05, 0) is 12.8 Å². The molecule has 1 aromatic heterocycles. The standard InChI is InChI=1S/C8H17N5O/c1-3-8(14,4-2)5-10-7-11-6(9)12-13-7/h14H,3-5H2,1-2H3,(H4,9,10,11,12,13). The van der Waals surface area contributed by atoms with Crippen LogP contribution in [0.4, 0.5) is 11.9 Å². The molecule has 0 saturated carbocycles. The van der Waals surface area contributed by atoms with Crippen molar-refractivity contribution in [2.75, 3.05) is 17.6 Å². The summed E-state index contributed by atoms with van der Waals surface area (Å²) in [7, 11) is 0. The highest BCUT2D eigenvalue weighted by atomic mass is 16.3. The lowest BCUT2D eigenvalue weighted by Crippen LogP contribution is -2.35. The predicted octanol–water partition coefficient (Wildman–Crippen LogP) is 0.350. The average molecular weight is 199 g/mol. The molecule has 0 aliphatic rings. The van der Waals surface area contributed by atoms with Crippen molar-refractivity contribution in [1.29, 1.82) is 0 Å². The molecule has 0 aliphatic heterocycles. The van der Waals surface area contributed by atoms with Gasteiger partial charge in [0, 0.05) is 6.54 Å². The van der Waals surface area contributed by atoms with E-state index in [-0.39, 0.29) is 5.95 Å². The molecule has 0 radical (unpaired) electrons. The third-order valence-electron chi connectivity index (χ3n) is 2.39. The molecule has 0 bridgehead atoms. The van der Waals surface area contributed by atoms with E-state index in [1.165, 1.54) is 0 Å². The van der Waals surface area contributed by atoms with Gasteiger partial charge < -0.3 is 16.2 Å². The third kappa shape index (κ3) is 2.59. The highest BCUT2D eigenvalue weighted by Gasteiger charge is 2.22. The minimum absolute atomic E-state index is 0.268. The predicted molar refractivity (Wildman–Crippen MR) is 54.8 cm³/mol. The summed E-state index contributed by atoms with van der Waals surface area (Å²) in [5.41, 5.74) is 4.65. The maximum atomic E-state index is 9.94. The average Bonchev–Trinajstić information content (AvgIpc) is 2.61. The van der Waals surface area contributed by atoms with Crippen molar-refractivity contribution in [3.63, 3.8) is 0 Å². The number of aromatic amines is 1. The smallest absolute Gasteiger partial charge is 0.243 e. The van der Waals surface area contributed by atoms with Gasteiger partial charge in [-0.15, -0.1) is 5.10 Å². The molecule has 0 aliphatic carbocycles. The van der Waals surface area contributed by atoms with Gasteiger partial charge in [-0.25, -0.2) is 5.10 Å². The zero-order valence-corrected chi connectivity index (χ0v) is 8.54. The highest BCUT2D eigenvalue weighted by molar-refractivity contribution is 5.30. The highest BCUT2D eigenvalue weighted by Crippen LogP contribution is 2.14. The maximum Gasteiger partial charge on any atom is 0.243 e. The largest absolute Gasteiger partial charge is 0.388 e. The summed E-state index contributed by atoms with van der Waals surface area (Å²) in [5, 5.41) is 19.2. The Kier molecular flexibility index (Phi) is 3.29. The lowest BCUT2D eigenvalue weighted by atomic mass is 9.98. The van der Waals surface area contributed by atoms with Gasteiger partial charge in [-0.1, -0.05) is 13.8 Å². The maximum absolute atomic E-state index is 9.94. The van der Waals surface area contributed by atoms with Crippen molar-refractivity contribution in [2.45, 2.75) is 32.3 Å². The normalized spacial score (nSPS) is 11.6. The molecule has 5 N–H and O–H groups in total. The van der Waals surface area contributed by atoms with E-state index in [1.54, 1.807) is 0 Å². The van der Waals surface area contributed by atoms with Gasteiger partial charge in [-0.2, -0.15) is 4.98 Å². The Labute approximate surface area is 82.9 Å². The van der Waals surface area contributed by atoms with Gasteiger partial charge in [0.05, 0.1) is 5.60 Å². The summed E-state index contributed by atoms with van der Waals surface area (Å²) < 4.78 is 0. The Morgan fingerprint density at radius 1 is 1.50 bits per heavy atom. The van der Waals surface area contributed by atoms with Gasteiger partial charge in [0.25, 0.3) is 0 Å². The SMILES string of the molecule is CCC(O)(CC)CNc1n[nH]c(N)n1. The van der Waals surface area contributed by atoms with E-state index in [2.05, 4.69) is 20.5 Å². The van der Waals surface area contributed by atoms with Gasteiger partial charge in [0.2, 0.25) is 11.9 Å². The van der Waals surface area contributed by atoms with Crippen molar-refractivity contribution in [1.82, 2.24) is 15.2 Å². The molecular formula is C8H17N5O. The van der Waals surface area contributed by atoms with E-state index in [4.69, 9.17) is 5.73 Å². The second-order valence-electron chi connectivity index (χ2n) is 3.33. The summed E-state index contributed by atoms with van der Waals surface area (Å²) in [4.78, 5) is 3.87. The Morgan fingerprint density at radius 3 is 2.57 bits per heavy atom. The fourth-order valence-electron chi connectivity index (χ4n) is 1.10. The monoisotopic (exact) mass is 199 g/mol. The van der Waals surface area contributed by atoms with Crippen molar-refractivity contribution in [2.24, 2.45) is 0 Å². The molecule has 0 atom stereocenters. The van der Waals surface area contributed by atoms with Crippen LogP contribution in [-0.2, 0) is 0 Å². The first-order chi connectivity index (χ1) is 6.59. The first-order valence-electron chi connectivity index (χ1n) is 4.74. The second-order valence-corrected chi connectivity index (χ2v) is 3.33. The summed E-state index contributed by atoms with van der Waals surface area (Å²) in [6.45, 7) is 4.31. The van der Waals surface area contributed by atoms with Crippen molar-refractivity contribution in [3.05, 3.63) is 0 Å². The van der Waals surface area contributed by atoms with Crippen LogP contribution in [0.15, 0.2) is 0 Å². The van der Waals surface area contributed by atoms with Crippen molar-refractivity contribution >= 4 is 11.9 Å². The molecule has 0 spiro atoms. The molecule has 1 aromatic rings. The quantitative estimate of drug-likeness (QED) is 0.548. The van der Waals surface area contributed by atoms with Crippen LogP contribution in [-0.4, -0.2) is 32.4 Å². The van der Waals surface area contributed by atoms with Crippen molar-refractivity contribution < 1.29 is 5.11 Å². The van der Waals surface area contributed by atoms with Crippen molar-refractivity contribution in [3.8, 4) is 0 Å². The molecular weight excluding hydrogens is 182 g/mol. The number of nitrogens with two attached hydrogens (primary N) is 1. The van der Waals surface area contributed by atoms with E-state index in [0.717, 1.165) is 0 Å². The number of anilines is 2. The number of aromatic nitrogens is 3. The van der Waals surface area contributed by atoms with E-state index in [1.807, 2.05) is 13.8 Å². The van der Waals surface area contributed by atoms with E-state index in [9.17, 15) is 5.11 Å². The van der Waals surface area contributed by atoms with Crippen LogP contribution in [0, 0.1) is 0 Å². The molecule has 0 unspecified atom stereocenters. The first kappa shape index (κ1) is 10.8. The molecule has 0 amide bonds. The number of aliphatic hydroxyl groups is 1. The first-order valence-corrected chi connectivity index (χ1v) is 4.74. The molecule has 0 aromatic carbocycles. The van der Waals surface area contributed by atoms with Crippen LogP contribution in [0.25, 0.3) is 0 Å². The van der Waals surface area contributed by atoms with Crippen LogP contribution >= 0.6 is 0 Å². The van der Waals surface area contributed by atoms with Crippen LogP contribution in [0.1, 0.15) is 26.7 Å². The number of rotatable bonds is 5. The Balaban J connectivity index is 2.47. The Bertz CT molecular complexity index is 281. The number of nitrogens with one attached hydrogen (secondary N) is 2. The fourth-order valence-corrected chi connectivity index (χ4v) is 1.10. The molecule has 80 valence electrons. The molecule has 14 heavy (non-hydrogen) atoms. The minimum atomic E-state index is -0.699. The summed E-state index contributed by atoms with van der Waals surface area (Å²) >= 11 is 0. The lowest BCUT2D eigenvalue weighted by molar-refractivity contribution is 0.0455. The van der Waals surface area contributed by atoms with Crippen LogP contribution in [0.2, 0.25) is 0 Å². The number of nitrogens with zero attached hydrogens (tertiary/aromatic N) is 2. The lowest BCUT2D eigenvalue weighted by Gasteiger charge is -2.24. The van der Waals surface area contributed by atoms with E-state index < -0.39 is 5.60 Å². The third-order valence-corrected chi connectivity index (χ3v) is 2.39. The minimum Gasteiger partial charge on any atom is -0.388 e. The fraction of sp³-hybridized carbons (Fsp3) is 0.750. The topological polar surface area (TPSA) is 99.8 Å². The number of H-pyrrole nitrogens is 1. The van der Waals surface area contributed by atoms with Gasteiger partial charge in [-0.3, -0.25) is 0 Å². The van der Waals surface area contributed by atoms with E-state index in [0.29, 0.717) is 25.3 Å².